The van der Waals surface area contributed by atoms with Gasteiger partial charge in [0.05, 0.1) is 12.7 Å². The normalized spacial score (nSPS) is 30.6. The van der Waals surface area contributed by atoms with Crippen LogP contribution >= 0.6 is 0 Å². The molecule has 2 aliphatic heterocycles. The zero-order valence-corrected chi connectivity index (χ0v) is 13.2. The summed E-state index contributed by atoms with van der Waals surface area (Å²) in [5, 5.41) is 3.50. The highest BCUT2D eigenvalue weighted by molar-refractivity contribution is 5.14. The van der Waals surface area contributed by atoms with Crippen molar-refractivity contribution in [2.45, 2.75) is 32.3 Å². The van der Waals surface area contributed by atoms with Crippen LogP contribution in [0.2, 0.25) is 0 Å². The molecule has 3 rings (SSSR count). The molecule has 0 aromatic heterocycles. The lowest BCUT2D eigenvalue weighted by atomic mass is 9.89. The molecule has 21 heavy (non-hydrogen) atoms. The molecule has 0 aliphatic carbocycles. The van der Waals surface area contributed by atoms with Crippen molar-refractivity contribution in [2.75, 3.05) is 39.3 Å². The highest BCUT2D eigenvalue weighted by Crippen LogP contribution is 2.26. The van der Waals surface area contributed by atoms with Gasteiger partial charge in [-0.15, -0.1) is 0 Å². The minimum Gasteiger partial charge on any atom is -0.376 e. The van der Waals surface area contributed by atoms with E-state index in [9.17, 15) is 0 Å². The van der Waals surface area contributed by atoms with Gasteiger partial charge in [-0.1, -0.05) is 37.3 Å². The second kappa shape index (κ2) is 6.91. The predicted octanol–water partition coefficient (Wildman–Crippen LogP) is 2.32. The highest BCUT2D eigenvalue weighted by Gasteiger charge is 2.32. The summed E-state index contributed by atoms with van der Waals surface area (Å²) in [6.45, 7) is 9.06. The smallest absolute Gasteiger partial charge is 0.0705 e. The minimum atomic E-state index is 0.400. The first kappa shape index (κ1) is 15.0. The molecule has 3 heteroatoms. The molecule has 0 amide bonds. The number of ether oxygens (including phenoxy) is 1. The standard InChI is InChI=1S/C18H28N2O/c1-18(9-10-19-14-18)15-20-11-12-21-17(13-20)8-7-16-5-3-2-4-6-16/h2-6,17,19H,7-15H2,1H3. The maximum absolute atomic E-state index is 5.97. The Hall–Kier alpha value is -0.900. The molecule has 116 valence electrons. The third-order valence-corrected chi connectivity index (χ3v) is 4.88. The molecule has 0 spiro atoms. The fourth-order valence-corrected chi connectivity index (χ4v) is 3.61. The second-order valence-electron chi connectivity index (χ2n) is 6.99. The molecule has 2 saturated heterocycles. The van der Waals surface area contributed by atoms with Gasteiger partial charge in [-0.25, -0.2) is 0 Å². The molecule has 0 radical (unpaired) electrons. The average molecular weight is 288 g/mol. The molecule has 1 N–H and O–H groups in total. The van der Waals surface area contributed by atoms with Crippen LogP contribution in [-0.2, 0) is 11.2 Å². The van der Waals surface area contributed by atoms with Crippen LogP contribution in [-0.4, -0.2) is 50.3 Å². The van der Waals surface area contributed by atoms with Crippen LogP contribution in [0, 0.1) is 5.41 Å². The van der Waals surface area contributed by atoms with E-state index in [1.54, 1.807) is 0 Å². The number of benzene rings is 1. The van der Waals surface area contributed by atoms with Crippen molar-refractivity contribution in [2.24, 2.45) is 5.41 Å². The maximum Gasteiger partial charge on any atom is 0.0705 e. The summed E-state index contributed by atoms with van der Waals surface area (Å²) in [4.78, 5) is 2.62. The van der Waals surface area contributed by atoms with E-state index >= 15 is 0 Å². The van der Waals surface area contributed by atoms with Gasteiger partial charge in [-0.3, -0.25) is 4.90 Å². The van der Waals surface area contributed by atoms with E-state index in [2.05, 4.69) is 47.5 Å². The van der Waals surface area contributed by atoms with E-state index < -0.39 is 0 Å². The minimum absolute atomic E-state index is 0.400. The van der Waals surface area contributed by atoms with Gasteiger partial charge in [0, 0.05) is 26.2 Å². The Morgan fingerprint density at radius 3 is 2.95 bits per heavy atom. The van der Waals surface area contributed by atoms with Crippen molar-refractivity contribution >= 4 is 0 Å². The monoisotopic (exact) mass is 288 g/mol. The number of nitrogens with one attached hydrogen (secondary N) is 1. The second-order valence-corrected chi connectivity index (χ2v) is 6.99. The summed E-state index contributed by atoms with van der Waals surface area (Å²) >= 11 is 0. The van der Waals surface area contributed by atoms with E-state index in [1.807, 2.05) is 0 Å². The first-order valence-electron chi connectivity index (χ1n) is 8.32. The van der Waals surface area contributed by atoms with Gasteiger partial charge in [0.15, 0.2) is 0 Å². The fraction of sp³-hybridized carbons (Fsp3) is 0.667. The molecule has 3 nitrogen and oxygen atoms in total. The molecular weight excluding hydrogens is 260 g/mol. The molecule has 1 aromatic carbocycles. The number of aryl methyl sites for hydroxylation is 1. The third-order valence-electron chi connectivity index (χ3n) is 4.88. The Balaban J connectivity index is 1.47. The lowest BCUT2D eigenvalue weighted by Crippen LogP contribution is -2.47. The van der Waals surface area contributed by atoms with Gasteiger partial charge in [-0.05, 0) is 36.8 Å². The topological polar surface area (TPSA) is 24.5 Å². The molecule has 0 bridgehead atoms. The van der Waals surface area contributed by atoms with Crippen LogP contribution in [0.25, 0.3) is 0 Å². The van der Waals surface area contributed by atoms with Crippen LogP contribution < -0.4 is 5.32 Å². The first-order valence-corrected chi connectivity index (χ1v) is 8.32. The highest BCUT2D eigenvalue weighted by atomic mass is 16.5. The van der Waals surface area contributed by atoms with Crippen LogP contribution in [0.4, 0.5) is 0 Å². The lowest BCUT2D eigenvalue weighted by molar-refractivity contribution is -0.0414. The van der Waals surface area contributed by atoms with Gasteiger partial charge < -0.3 is 10.1 Å². The van der Waals surface area contributed by atoms with Gasteiger partial charge in [0.1, 0.15) is 0 Å². The van der Waals surface area contributed by atoms with Crippen LogP contribution in [0.3, 0.4) is 0 Å². The summed E-state index contributed by atoms with van der Waals surface area (Å²) in [7, 11) is 0. The van der Waals surface area contributed by atoms with Crippen molar-refractivity contribution in [3.05, 3.63) is 35.9 Å². The van der Waals surface area contributed by atoms with Crippen molar-refractivity contribution in [3.8, 4) is 0 Å². The molecule has 1 aromatic rings. The maximum atomic E-state index is 5.97. The molecule has 2 heterocycles. The summed E-state index contributed by atoms with van der Waals surface area (Å²) in [6.07, 6.45) is 3.96. The van der Waals surface area contributed by atoms with E-state index in [0.717, 1.165) is 32.5 Å². The number of hydrogen-bond donors (Lipinski definition) is 1. The van der Waals surface area contributed by atoms with Gasteiger partial charge in [-0.2, -0.15) is 0 Å². The Labute approximate surface area is 128 Å². The quantitative estimate of drug-likeness (QED) is 0.900. The van der Waals surface area contributed by atoms with Crippen molar-refractivity contribution in [1.29, 1.82) is 0 Å². The van der Waals surface area contributed by atoms with Crippen molar-refractivity contribution in [3.63, 3.8) is 0 Å². The van der Waals surface area contributed by atoms with Crippen molar-refractivity contribution < 1.29 is 4.74 Å². The Morgan fingerprint density at radius 2 is 2.19 bits per heavy atom. The zero-order valence-electron chi connectivity index (χ0n) is 13.2. The van der Waals surface area contributed by atoms with Crippen LogP contribution in [0.5, 0.6) is 0 Å². The van der Waals surface area contributed by atoms with E-state index in [4.69, 9.17) is 4.74 Å². The number of nitrogens with zero attached hydrogens (tertiary/aromatic N) is 1. The summed E-state index contributed by atoms with van der Waals surface area (Å²) in [5.74, 6) is 0. The van der Waals surface area contributed by atoms with E-state index in [-0.39, 0.29) is 0 Å². The lowest BCUT2D eigenvalue weighted by Gasteiger charge is -2.37. The largest absolute Gasteiger partial charge is 0.376 e. The summed E-state index contributed by atoms with van der Waals surface area (Å²) in [6, 6.07) is 10.8. The summed E-state index contributed by atoms with van der Waals surface area (Å²) < 4.78 is 5.97. The molecule has 2 fully saturated rings. The van der Waals surface area contributed by atoms with Crippen LogP contribution in [0.1, 0.15) is 25.3 Å². The zero-order chi connectivity index (χ0) is 14.5. The molecule has 2 aliphatic rings. The van der Waals surface area contributed by atoms with Crippen LogP contribution in [0.15, 0.2) is 30.3 Å². The van der Waals surface area contributed by atoms with Crippen molar-refractivity contribution in [1.82, 2.24) is 10.2 Å². The number of morpholine rings is 1. The first-order chi connectivity index (χ1) is 10.2. The molecular formula is C18H28N2O. The number of rotatable bonds is 5. The molecule has 2 atom stereocenters. The average Bonchev–Trinajstić information content (AvgIpc) is 2.93. The van der Waals surface area contributed by atoms with E-state index in [0.29, 0.717) is 11.5 Å². The van der Waals surface area contributed by atoms with Gasteiger partial charge >= 0.3 is 0 Å². The summed E-state index contributed by atoms with van der Waals surface area (Å²) in [5.41, 5.74) is 1.88. The Bertz CT molecular complexity index is 428. The van der Waals surface area contributed by atoms with Gasteiger partial charge in [0.2, 0.25) is 0 Å². The van der Waals surface area contributed by atoms with Gasteiger partial charge in [0.25, 0.3) is 0 Å². The predicted molar refractivity (Wildman–Crippen MR) is 86.5 cm³/mol. The Morgan fingerprint density at radius 1 is 1.33 bits per heavy atom. The molecule has 2 unspecified atom stereocenters. The third kappa shape index (κ3) is 4.29. The molecule has 0 saturated carbocycles. The fourth-order valence-electron chi connectivity index (χ4n) is 3.61. The number of hydrogen-bond acceptors (Lipinski definition) is 3. The SMILES string of the molecule is CC1(CN2CCOC(CCc3ccccc3)C2)CCNC1. The Kier molecular flexibility index (Phi) is 4.94. The van der Waals surface area contributed by atoms with E-state index in [1.165, 1.54) is 31.6 Å².